The maximum absolute atomic E-state index is 4.10. The molecule has 1 aromatic heterocycles. The summed E-state index contributed by atoms with van der Waals surface area (Å²) in [5.74, 6) is 0. The first-order valence-electron chi connectivity index (χ1n) is 5.94. The van der Waals surface area contributed by atoms with E-state index in [1.807, 2.05) is 83.6 Å². The number of azo groups is 1. The van der Waals surface area contributed by atoms with Crippen LogP contribution in [0.3, 0.4) is 0 Å². The van der Waals surface area contributed by atoms with Gasteiger partial charge >= 0.3 is 0 Å². The van der Waals surface area contributed by atoms with Gasteiger partial charge in [0.2, 0.25) is 0 Å². The highest BCUT2D eigenvalue weighted by molar-refractivity contribution is 7.07. The SMILES string of the molecule is c1ccc(N=Nc2ccccc2)cc1.c1ccsc1. The Balaban J connectivity index is 0.000000224. The third-order valence-corrected chi connectivity index (χ3v) is 2.85. The Labute approximate surface area is 117 Å². The van der Waals surface area contributed by atoms with Crippen LogP contribution in [0.25, 0.3) is 0 Å². The van der Waals surface area contributed by atoms with Crippen molar-refractivity contribution in [1.29, 1.82) is 0 Å². The number of hydrogen-bond acceptors (Lipinski definition) is 3. The fourth-order valence-electron chi connectivity index (χ4n) is 1.33. The van der Waals surface area contributed by atoms with Crippen LogP contribution in [0.5, 0.6) is 0 Å². The topological polar surface area (TPSA) is 24.7 Å². The summed E-state index contributed by atoms with van der Waals surface area (Å²) in [5.41, 5.74) is 1.74. The zero-order valence-electron chi connectivity index (χ0n) is 10.4. The van der Waals surface area contributed by atoms with Gasteiger partial charge in [-0.15, -0.1) is 0 Å². The van der Waals surface area contributed by atoms with Gasteiger partial charge in [-0.25, -0.2) is 0 Å². The van der Waals surface area contributed by atoms with Crippen LogP contribution in [-0.4, -0.2) is 0 Å². The molecule has 3 aromatic rings. The second kappa shape index (κ2) is 7.95. The van der Waals surface area contributed by atoms with Gasteiger partial charge < -0.3 is 0 Å². The van der Waals surface area contributed by atoms with Gasteiger partial charge in [0, 0.05) is 0 Å². The summed E-state index contributed by atoms with van der Waals surface area (Å²) in [6.07, 6.45) is 0. The Morgan fingerprint density at radius 3 is 1.26 bits per heavy atom. The van der Waals surface area contributed by atoms with Crippen molar-refractivity contribution in [3.05, 3.63) is 83.6 Å². The third-order valence-electron chi connectivity index (χ3n) is 2.22. The summed E-state index contributed by atoms with van der Waals surface area (Å²) in [4.78, 5) is 0. The van der Waals surface area contributed by atoms with Gasteiger partial charge in [-0.3, -0.25) is 0 Å². The third kappa shape index (κ3) is 5.27. The molecule has 0 fully saturated rings. The molecule has 0 radical (unpaired) electrons. The lowest BCUT2D eigenvalue weighted by Crippen LogP contribution is -1.62. The van der Waals surface area contributed by atoms with Gasteiger partial charge in [-0.05, 0) is 35.0 Å². The molecule has 0 aliphatic carbocycles. The van der Waals surface area contributed by atoms with E-state index < -0.39 is 0 Å². The van der Waals surface area contributed by atoms with E-state index in [-0.39, 0.29) is 0 Å². The number of thiophene rings is 1. The lowest BCUT2D eigenvalue weighted by molar-refractivity contribution is 1.23. The average molecular weight is 266 g/mol. The van der Waals surface area contributed by atoms with Crippen molar-refractivity contribution in [1.82, 2.24) is 0 Å². The van der Waals surface area contributed by atoms with Crippen molar-refractivity contribution in [3.63, 3.8) is 0 Å². The molecule has 2 aromatic carbocycles. The molecule has 0 N–H and O–H groups in total. The van der Waals surface area contributed by atoms with E-state index in [0.29, 0.717) is 0 Å². The predicted octanol–water partition coefficient (Wildman–Crippen LogP) is 5.85. The highest BCUT2D eigenvalue weighted by Gasteiger charge is 1.86. The summed E-state index contributed by atoms with van der Waals surface area (Å²) < 4.78 is 0. The van der Waals surface area contributed by atoms with Gasteiger partial charge in [0.05, 0.1) is 11.4 Å². The molecular formula is C16H14N2S. The van der Waals surface area contributed by atoms with Crippen LogP contribution >= 0.6 is 11.3 Å². The molecule has 0 unspecified atom stereocenters. The molecule has 2 nitrogen and oxygen atoms in total. The first-order valence-corrected chi connectivity index (χ1v) is 6.88. The molecule has 19 heavy (non-hydrogen) atoms. The molecule has 0 spiro atoms. The number of hydrogen-bond donors (Lipinski definition) is 0. The first-order chi connectivity index (χ1) is 9.45. The summed E-state index contributed by atoms with van der Waals surface area (Å²) in [7, 11) is 0. The van der Waals surface area contributed by atoms with E-state index in [1.54, 1.807) is 11.3 Å². The summed E-state index contributed by atoms with van der Waals surface area (Å²) >= 11 is 1.71. The molecule has 0 atom stereocenters. The molecular weight excluding hydrogens is 252 g/mol. The zero-order valence-corrected chi connectivity index (χ0v) is 11.2. The molecule has 94 valence electrons. The molecule has 1 heterocycles. The largest absolute Gasteiger partial charge is 0.152 e. The van der Waals surface area contributed by atoms with E-state index in [1.165, 1.54) is 0 Å². The van der Waals surface area contributed by atoms with Crippen LogP contribution in [0.1, 0.15) is 0 Å². The van der Waals surface area contributed by atoms with Crippen LogP contribution in [0.2, 0.25) is 0 Å². The molecule has 0 aliphatic heterocycles. The van der Waals surface area contributed by atoms with E-state index in [2.05, 4.69) is 10.2 Å². The maximum Gasteiger partial charge on any atom is 0.0857 e. The molecule has 0 aliphatic rings. The van der Waals surface area contributed by atoms with Gasteiger partial charge in [0.25, 0.3) is 0 Å². The normalized spacial score (nSPS) is 9.89. The second-order valence-electron chi connectivity index (χ2n) is 3.66. The zero-order chi connectivity index (χ0) is 13.2. The quantitative estimate of drug-likeness (QED) is 0.520. The van der Waals surface area contributed by atoms with E-state index >= 15 is 0 Å². The lowest BCUT2D eigenvalue weighted by Gasteiger charge is -1.91. The van der Waals surface area contributed by atoms with Crippen molar-refractivity contribution in [2.45, 2.75) is 0 Å². The van der Waals surface area contributed by atoms with Crippen LogP contribution in [0, 0.1) is 0 Å². The second-order valence-corrected chi connectivity index (χ2v) is 4.48. The number of nitrogens with zero attached hydrogens (tertiary/aromatic N) is 2. The van der Waals surface area contributed by atoms with Crippen LogP contribution in [0.4, 0.5) is 11.4 Å². The first kappa shape index (κ1) is 13.2. The Morgan fingerprint density at radius 1 is 0.526 bits per heavy atom. The van der Waals surface area contributed by atoms with E-state index in [0.717, 1.165) is 11.4 Å². The van der Waals surface area contributed by atoms with Gasteiger partial charge in [-0.2, -0.15) is 21.6 Å². The van der Waals surface area contributed by atoms with Crippen molar-refractivity contribution >= 4 is 22.7 Å². The highest BCUT2D eigenvalue weighted by atomic mass is 32.1. The Hall–Kier alpha value is -2.26. The van der Waals surface area contributed by atoms with Crippen LogP contribution in [0.15, 0.2) is 93.8 Å². The maximum atomic E-state index is 4.10. The minimum atomic E-state index is 0.872. The van der Waals surface area contributed by atoms with Crippen LogP contribution < -0.4 is 0 Å². The fraction of sp³-hybridized carbons (Fsp3) is 0. The smallest absolute Gasteiger partial charge is 0.0857 e. The van der Waals surface area contributed by atoms with Crippen molar-refractivity contribution < 1.29 is 0 Å². The minimum absolute atomic E-state index is 0.872. The molecule has 0 amide bonds. The summed E-state index contributed by atoms with van der Waals surface area (Å²) in [6, 6.07) is 23.4. The van der Waals surface area contributed by atoms with Gasteiger partial charge in [-0.1, -0.05) is 48.5 Å². The Kier molecular flexibility index (Phi) is 5.51. The lowest BCUT2D eigenvalue weighted by atomic mass is 10.3. The summed E-state index contributed by atoms with van der Waals surface area (Å²) in [6.45, 7) is 0. The molecule has 3 heteroatoms. The van der Waals surface area contributed by atoms with E-state index in [9.17, 15) is 0 Å². The number of rotatable bonds is 2. The minimum Gasteiger partial charge on any atom is -0.152 e. The Bertz CT molecular complexity index is 516. The predicted molar refractivity (Wildman–Crippen MR) is 81.4 cm³/mol. The number of benzene rings is 2. The highest BCUT2D eigenvalue weighted by Crippen LogP contribution is 2.16. The van der Waals surface area contributed by atoms with Gasteiger partial charge in [0.1, 0.15) is 0 Å². The fourth-order valence-corrected chi connectivity index (χ4v) is 1.79. The summed E-state index contributed by atoms with van der Waals surface area (Å²) in [5, 5.41) is 12.3. The average Bonchev–Trinajstić information content (AvgIpc) is 3.07. The van der Waals surface area contributed by atoms with Crippen molar-refractivity contribution in [2.75, 3.05) is 0 Å². The Morgan fingerprint density at radius 2 is 0.947 bits per heavy atom. The monoisotopic (exact) mass is 266 g/mol. The van der Waals surface area contributed by atoms with Crippen molar-refractivity contribution in [3.8, 4) is 0 Å². The van der Waals surface area contributed by atoms with Crippen LogP contribution in [-0.2, 0) is 0 Å². The molecule has 3 rings (SSSR count). The van der Waals surface area contributed by atoms with E-state index in [4.69, 9.17) is 0 Å². The molecule has 0 bridgehead atoms. The van der Waals surface area contributed by atoms with Crippen molar-refractivity contribution in [2.24, 2.45) is 10.2 Å². The molecule has 0 saturated carbocycles. The van der Waals surface area contributed by atoms with Gasteiger partial charge in [0.15, 0.2) is 0 Å². The molecule has 0 saturated heterocycles. The standard InChI is InChI=1S/C12H10N2.C4H4S/c1-3-7-11(8-4-1)13-14-12-9-5-2-6-10-12;1-2-4-5-3-1/h1-10H;1-4H.